The molecule has 1 aromatic heterocycles. The Bertz CT molecular complexity index is 500. The molecule has 20 heavy (non-hydrogen) atoms. The van der Waals surface area contributed by atoms with Crippen molar-refractivity contribution >= 4 is 11.3 Å². The van der Waals surface area contributed by atoms with Gasteiger partial charge in [0.1, 0.15) is 0 Å². The molecule has 0 aliphatic carbocycles. The second-order valence-electron chi connectivity index (χ2n) is 5.41. The highest BCUT2D eigenvalue weighted by Gasteiger charge is 2.11. The zero-order valence-corrected chi connectivity index (χ0v) is 13.2. The van der Waals surface area contributed by atoms with E-state index < -0.39 is 0 Å². The largest absolute Gasteiger partial charge is 0.271 e. The van der Waals surface area contributed by atoms with Gasteiger partial charge in [-0.2, -0.15) is 0 Å². The topological polar surface area (TPSA) is 38.0 Å². The minimum Gasteiger partial charge on any atom is -0.271 e. The third-order valence-electron chi connectivity index (χ3n) is 3.89. The monoisotopic (exact) mass is 288 g/mol. The molecule has 108 valence electrons. The van der Waals surface area contributed by atoms with E-state index in [0.717, 1.165) is 19.3 Å². The van der Waals surface area contributed by atoms with Gasteiger partial charge in [0.05, 0.1) is 0 Å². The first-order valence-electron chi connectivity index (χ1n) is 7.24. The second kappa shape index (κ2) is 7.58. The summed E-state index contributed by atoms with van der Waals surface area (Å²) in [5, 5.41) is 2.14. The fraction of sp³-hybridized carbons (Fsp3) is 0.412. The van der Waals surface area contributed by atoms with Gasteiger partial charge in [-0.3, -0.25) is 11.3 Å². The molecule has 3 heteroatoms. The van der Waals surface area contributed by atoms with Crippen molar-refractivity contribution in [1.82, 2.24) is 5.43 Å². The van der Waals surface area contributed by atoms with E-state index in [-0.39, 0.29) is 0 Å². The van der Waals surface area contributed by atoms with Gasteiger partial charge in [-0.25, -0.2) is 0 Å². The Balaban J connectivity index is 1.88. The zero-order chi connectivity index (χ0) is 14.4. The van der Waals surface area contributed by atoms with Crippen molar-refractivity contribution in [2.75, 3.05) is 0 Å². The first-order valence-corrected chi connectivity index (χ1v) is 8.12. The Morgan fingerprint density at radius 1 is 1.15 bits per heavy atom. The predicted molar refractivity (Wildman–Crippen MR) is 88.0 cm³/mol. The Labute approximate surface area is 126 Å². The molecule has 0 bridgehead atoms. The number of aryl methyl sites for hydroxylation is 3. The normalized spacial score (nSPS) is 12.6. The SMILES string of the molecule is Cc1cccc(C)c1CC(CCCc1cccs1)NN. The molecule has 2 aromatic rings. The minimum absolute atomic E-state index is 0.356. The minimum atomic E-state index is 0.356. The van der Waals surface area contributed by atoms with Crippen LogP contribution in [0.3, 0.4) is 0 Å². The fourth-order valence-corrected chi connectivity index (χ4v) is 3.39. The number of benzene rings is 1. The van der Waals surface area contributed by atoms with Crippen LogP contribution in [0, 0.1) is 13.8 Å². The summed E-state index contributed by atoms with van der Waals surface area (Å²) in [6, 6.07) is 11.2. The van der Waals surface area contributed by atoms with Crippen LogP contribution in [-0.2, 0) is 12.8 Å². The number of hydrogen-bond donors (Lipinski definition) is 2. The van der Waals surface area contributed by atoms with Crippen LogP contribution in [0.5, 0.6) is 0 Å². The number of nitrogens with one attached hydrogen (secondary N) is 1. The average Bonchev–Trinajstić information content (AvgIpc) is 2.94. The van der Waals surface area contributed by atoms with Crippen molar-refractivity contribution in [2.24, 2.45) is 5.84 Å². The van der Waals surface area contributed by atoms with E-state index in [2.05, 4.69) is 55.0 Å². The highest BCUT2D eigenvalue weighted by molar-refractivity contribution is 7.09. The number of hydrazine groups is 1. The van der Waals surface area contributed by atoms with Crippen molar-refractivity contribution in [3.05, 3.63) is 57.3 Å². The summed E-state index contributed by atoms with van der Waals surface area (Å²) in [7, 11) is 0. The van der Waals surface area contributed by atoms with Gasteiger partial charge in [0.25, 0.3) is 0 Å². The zero-order valence-electron chi connectivity index (χ0n) is 12.4. The van der Waals surface area contributed by atoms with E-state index in [1.165, 1.54) is 28.0 Å². The molecule has 2 rings (SSSR count). The summed E-state index contributed by atoms with van der Waals surface area (Å²) in [6.45, 7) is 4.36. The molecule has 1 atom stereocenters. The lowest BCUT2D eigenvalue weighted by molar-refractivity contribution is 0.475. The van der Waals surface area contributed by atoms with E-state index in [0.29, 0.717) is 6.04 Å². The summed E-state index contributed by atoms with van der Waals surface area (Å²) in [4.78, 5) is 1.47. The summed E-state index contributed by atoms with van der Waals surface area (Å²) >= 11 is 1.84. The predicted octanol–water partition coefficient (Wildman–Crippen LogP) is 3.76. The van der Waals surface area contributed by atoms with Crippen LogP contribution in [-0.4, -0.2) is 6.04 Å². The van der Waals surface area contributed by atoms with E-state index in [4.69, 9.17) is 5.84 Å². The van der Waals surface area contributed by atoms with Gasteiger partial charge in [-0.1, -0.05) is 24.3 Å². The molecule has 0 amide bonds. The number of nitrogens with two attached hydrogens (primary N) is 1. The molecule has 0 saturated carbocycles. The van der Waals surface area contributed by atoms with Gasteiger partial charge >= 0.3 is 0 Å². The maximum atomic E-state index is 5.73. The van der Waals surface area contributed by atoms with Gasteiger partial charge in [0.15, 0.2) is 0 Å². The molecule has 0 aliphatic rings. The smallest absolute Gasteiger partial charge is 0.0251 e. The van der Waals surface area contributed by atoms with Gasteiger partial charge < -0.3 is 0 Å². The highest BCUT2D eigenvalue weighted by atomic mass is 32.1. The van der Waals surface area contributed by atoms with Crippen LogP contribution >= 0.6 is 11.3 Å². The van der Waals surface area contributed by atoms with Gasteiger partial charge in [-0.05, 0) is 67.7 Å². The molecule has 1 aromatic carbocycles. The van der Waals surface area contributed by atoms with Crippen LogP contribution in [0.2, 0.25) is 0 Å². The van der Waals surface area contributed by atoms with E-state index in [1.54, 1.807) is 0 Å². The molecular weight excluding hydrogens is 264 g/mol. The van der Waals surface area contributed by atoms with Crippen LogP contribution in [0.4, 0.5) is 0 Å². The Hall–Kier alpha value is -1.16. The quantitative estimate of drug-likeness (QED) is 0.601. The molecule has 0 fully saturated rings. The first kappa shape index (κ1) is 15.2. The molecule has 1 heterocycles. The lowest BCUT2D eigenvalue weighted by Gasteiger charge is -2.18. The van der Waals surface area contributed by atoms with Gasteiger partial charge in [0.2, 0.25) is 0 Å². The van der Waals surface area contributed by atoms with E-state index in [9.17, 15) is 0 Å². The summed E-state index contributed by atoms with van der Waals surface area (Å²) in [6.07, 6.45) is 4.46. The maximum Gasteiger partial charge on any atom is 0.0251 e. The Morgan fingerprint density at radius 2 is 1.90 bits per heavy atom. The second-order valence-corrected chi connectivity index (χ2v) is 6.44. The summed E-state index contributed by atoms with van der Waals surface area (Å²) in [5.74, 6) is 5.73. The third kappa shape index (κ3) is 4.17. The molecule has 0 spiro atoms. The summed E-state index contributed by atoms with van der Waals surface area (Å²) in [5.41, 5.74) is 7.15. The molecule has 1 unspecified atom stereocenters. The molecule has 2 nitrogen and oxygen atoms in total. The average molecular weight is 288 g/mol. The molecule has 3 N–H and O–H groups in total. The lowest BCUT2D eigenvalue weighted by Crippen LogP contribution is -2.37. The maximum absolute atomic E-state index is 5.73. The fourth-order valence-electron chi connectivity index (χ4n) is 2.64. The lowest BCUT2D eigenvalue weighted by atomic mass is 9.94. The van der Waals surface area contributed by atoms with E-state index in [1.807, 2.05) is 11.3 Å². The van der Waals surface area contributed by atoms with Crippen molar-refractivity contribution in [1.29, 1.82) is 0 Å². The van der Waals surface area contributed by atoms with Crippen LogP contribution in [0.1, 0.15) is 34.4 Å². The van der Waals surface area contributed by atoms with Gasteiger partial charge in [-0.15, -0.1) is 11.3 Å². The summed E-state index contributed by atoms with van der Waals surface area (Å²) < 4.78 is 0. The number of hydrogen-bond acceptors (Lipinski definition) is 3. The highest BCUT2D eigenvalue weighted by Crippen LogP contribution is 2.18. The van der Waals surface area contributed by atoms with Crippen LogP contribution in [0.25, 0.3) is 0 Å². The Morgan fingerprint density at radius 3 is 2.50 bits per heavy atom. The molecule has 0 saturated heterocycles. The van der Waals surface area contributed by atoms with Gasteiger partial charge in [0, 0.05) is 10.9 Å². The number of rotatable bonds is 7. The van der Waals surface area contributed by atoms with Crippen molar-refractivity contribution in [3.63, 3.8) is 0 Å². The van der Waals surface area contributed by atoms with Crippen molar-refractivity contribution in [2.45, 2.75) is 45.6 Å². The van der Waals surface area contributed by atoms with Crippen molar-refractivity contribution < 1.29 is 0 Å². The molecule has 0 aliphatic heterocycles. The standard InChI is InChI=1S/C17H24N2S/c1-13-6-3-7-14(2)17(13)12-15(19-18)8-4-9-16-10-5-11-20-16/h3,5-7,10-11,15,19H,4,8-9,12,18H2,1-2H3. The number of thiophene rings is 1. The molecule has 0 radical (unpaired) electrons. The van der Waals surface area contributed by atoms with Crippen LogP contribution in [0.15, 0.2) is 35.7 Å². The first-order chi connectivity index (χ1) is 9.70. The van der Waals surface area contributed by atoms with Crippen LogP contribution < -0.4 is 11.3 Å². The Kier molecular flexibility index (Phi) is 5.77. The molecular formula is C17H24N2S. The van der Waals surface area contributed by atoms with Crippen molar-refractivity contribution in [3.8, 4) is 0 Å². The van der Waals surface area contributed by atoms with E-state index >= 15 is 0 Å². The third-order valence-corrected chi connectivity index (χ3v) is 4.82.